The van der Waals surface area contributed by atoms with Crippen LogP contribution in [0.15, 0.2) is 77.7 Å². The van der Waals surface area contributed by atoms with E-state index in [9.17, 15) is 18.0 Å². The Kier molecular flexibility index (Phi) is 10.8. The molecule has 0 spiro atoms. The van der Waals surface area contributed by atoms with E-state index in [0.717, 1.165) is 22.7 Å². The number of aryl methyl sites for hydroxylation is 1. The molecule has 1 atom stereocenters. The smallest absolute Gasteiger partial charge is 0.264 e. The zero-order chi connectivity index (χ0) is 28.6. The molecule has 0 bridgehead atoms. The first-order valence-corrected chi connectivity index (χ1v) is 14.9. The predicted octanol–water partition coefficient (Wildman–Crippen LogP) is 5.83. The molecule has 0 unspecified atom stereocenters. The van der Waals surface area contributed by atoms with Gasteiger partial charge in [-0.1, -0.05) is 72.4 Å². The number of benzene rings is 3. The summed E-state index contributed by atoms with van der Waals surface area (Å²) in [6.07, 6.45) is 1.71. The standard InChI is InChI=1S/C29H33Cl2N3O4S/c1-4-5-18-32-29(36)22(3)33(19-23-8-6-7-9-27(23)31)28(35)20-34(25-14-10-21(2)11-15-25)39(37,38)26-16-12-24(30)13-17-26/h6-17,22H,4-5,18-20H2,1-3H3,(H,32,36)/t22-/m0/s1. The van der Waals surface area contributed by atoms with Crippen LogP contribution in [0.1, 0.15) is 37.8 Å². The van der Waals surface area contributed by atoms with Crippen molar-refractivity contribution < 1.29 is 18.0 Å². The number of rotatable bonds is 12. The molecule has 7 nitrogen and oxygen atoms in total. The van der Waals surface area contributed by atoms with Gasteiger partial charge in [0.05, 0.1) is 10.6 Å². The van der Waals surface area contributed by atoms with Crippen molar-refractivity contribution in [3.63, 3.8) is 0 Å². The minimum Gasteiger partial charge on any atom is -0.354 e. The van der Waals surface area contributed by atoms with E-state index in [1.807, 2.05) is 13.8 Å². The van der Waals surface area contributed by atoms with Crippen LogP contribution in [0, 0.1) is 6.92 Å². The molecule has 0 aliphatic carbocycles. The Hall–Kier alpha value is -3.07. The van der Waals surface area contributed by atoms with E-state index in [0.29, 0.717) is 27.8 Å². The average molecular weight is 591 g/mol. The van der Waals surface area contributed by atoms with Crippen LogP contribution in [0.4, 0.5) is 5.69 Å². The molecule has 208 valence electrons. The number of halogens is 2. The fraction of sp³-hybridized carbons (Fsp3) is 0.310. The van der Waals surface area contributed by atoms with Crippen LogP contribution in [0.3, 0.4) is 0 Å². The highest BCUT2D eigenvalue weighted by molar-refractivity contribution is 7.92. The normalized spacial score (nSPS) is 12.0. The van der Waals surface area contributed by atoms with Gasteiger partial charge >= 0.3 is 0 Å². The largest absolute Gasteiger partial charge is 0.354 e. The Morgan fingerprint density at radius 1 is 0.949 bits per heavy atom. The van der Waals surface area contributed by atoms with Gasteiger partial charge in [-0.05, 0) is 68.3 Å². The summed E-state index contributed by atoms with van der Waals surface area (Å²) in [6.45, 7) is 5.52. The van der Waals surface area contributed by atoms with Gasteiger partial charge < -0.3 is 10.2 Å². The van der Waals surface area contributed by atoms with E-state index in [2.05, 4.69) is 5.32 Å². The summed E-state index contributed by atoms with van der Waals surface area (Å²) >= 11 is 12.4. The fourth-order valence-corrected chi connectivity index (χ4v) is 5.64. The van der Waals surface area contributed by atoms with Crippen LogP contribution in [-0.2, 0) is 26.2 Å². The van der Waals surface area contributed by atoms with Gasteiger partial charge in [-0.15, -0.1) is 0 Å². The van der Waals surface area contributed by atoms with Crippen LogP contribution >= 0.6 is 23.2 Å². The van der Waals surface area contributed by atoms with Crippen molar-refractivity contribution in [1.82, 2.24) is 10.2 Å². The molecular formula is C29H33Cl2N3O4S. The Balaban J connectivity index is 2.00. The number of unbranched alkanes of at least 4 members (excludes halogenated alkanes) is 1. The van der Waals surface area contributed by atoms with Crippen molar-refractivity contribution in [3.05, 3.63) is 94.0 Å². The molecule has 0 heterocycles. The quantitative estimate of drug-likeness (QED) is 0.269. The molecule has 0 saturated carbocycles. The maximum Gasteiger partial charge on any atom is 0.264 e. The lowest BCUT2D eigenvalue weighted by atomic mass is 10.1. The maximum absolute atomic E-state index is 13.9. The van der Waals surface area contributed by atoms with Crippen molar-refractivity contribution >= 4 is 50.7 Å². The molecule has 0 aliphatic rings. The van der Waals surface area contributed by atoms with Gasteiger partial charge in [0, 0.05) is 23.1 Å². The number of carbonyl (C=O) groups excluding carboxylic acids is 2. The zero-order valence-electron chi connectivity index (χ0n) is 22.2. The number of nitrogens with one attached hydrogen (secondary N) is 1. The number of carbonyl (C=O) groups is 2. The molecule has 10 heteroatoms. The molecular weight excluding hydrogens is 557 g/mol. The number of anilines is 1. The highest BCUT2D eigenvalue weighted by Gasteiger charge is 2.32. The number of hydrogen-bond acceptors (Lipinski definition) is 4. The molecule has 0 aliphatic heterocycles. The minimum absolute atomic E-state index is 0.0108. The first-order valence-electron chi connectivity index (χ1n) is 12.7. The molecule has 0 aromatic heterocycles. The SMILES string of the molecule is CCCCNC(=O)[C@H](C)N(Cc1ccccc1Cl)C(=O)CN(c1ccc(C)cc1)S(=O)(=O)c1ccc(Cl)cc1. The van der Waals surface area contributed by atoms with Gasteiger partial charge in [-0.2, -0.15) is 0 Å². The minimum atomic E-state index is -4.16. The molecule has 3 aromatic carbocycles. The topological polar surface area (TPSA) is 86.8 Å². The maximum atomic E-state index is 13.9. The number of sulfonamides is 1. The summed E-state index contributed by atoms with van der Waals surface area (Å²) in [5.41, 5.74) is 1.90. The van der Waals surface area contributed by atoms with Crippen molar-refractivity contribution in [1.29, 1.82) is 0 Å². The lowest BCUT2D eigenvalue weighted by Gasteiger charge is -2.32. The molecule has 0 radical (unpaired) electrons. The van der Waals surface area contributed by atoms with Gasteiger partial charge in [0.15, 0.2) is 0 Å². The van der Waals surface area contributed by atoms with Gasteiger partial charge in [-0.3, -0.25) is 13.9 Å². The van der Waals surface area contributed by atoms with Gasteiger partial charge in [0.1, 0.15) is 12.6 Å². The van der Waals surface area contributed by atoms with Crippen molar-refractivity contribution in [2.75, 3.05) is 17.4 Å². The molecule has 3 aromatic rings. The average Bonchev–Trinajstić information content (AvgIpc) is 2.91. The van der Waals surface area contributed by atoms with Crippen LogP contribution < -0.4 is 9.62 Å². The Morgan fingerprint density at radius 2 is 1.59 bits per heavy atom. The second-order valence-electron chi connectivity index (χ2n) is 9.23. The van der Waals surface area contributed by atoms with E-state index in [4.69, 9.17) is 23.2 Å². The third-order valence-electron chi connectivity index (χ3n) is 6.30. The summed E-state index contributed by atoms with van der Waals surface area (Å²) < 4.78 is 28.6. The van der Waals surface area contributed by atoms with E-state index in [1.54, 1.807) is 55.5 Å². The highest BCUT2D eigenvalue weighted by Crippen LogP contribution is 2.26. The summed E-state index contributed by atoms with van der Waals surface area (Å²) in [7, 11) is -4.16. The van der Waals surface area contributed by atoms with Crippen LogP contribution in [0.5, 0.6) is 0 Å². The lowest BCUT2D eigenvalue weighted by Crippen LogP contribution is -2.51. The molecule has 0 saturated heterocycles. The fourth-order valence-electron chi connectivity index (χ4n) is 3.90. The highest BCUT2D eigenvalue weighted by atomic mass is 35.5. The third kappa shape index (κ3) is 7.97. The molecule has 1 N–H and O–H groups in total. The summed E-state index contributed by atoms with van der Waals surface area (Å²) in [4.78, 5) is 28.2. The zero-order valence-corrected chi connectivity index (χ0v) is 24.6. The second-order valence-corrected chi connectivity index (χ2v) is 11.9. The van der Waals surface area contributed by atoms with Crippen LogP contribution in [0.2, 0.25) is 10.0 Å². The number of hydrogen-bond donors (Lipinski definition) is 1. The van der Waals surface area contributed by atoms with Gasteiger partial charge in [0.2, 0.25) is 11.8 Å². The second kappa shape index (κ2) is 13.8. The summed E-state index contributed by atoms with van der Waals surface area (Å²) in [5.74, 6) is -0.877. The van der Waals surface area contributed by atoms with Gasteiger partial charge in [0.25, 0.3) is 10.0 Å². The third-order valence-corrected chi connectivity index (χ3v) is 8.71. The Bertz CT molecular complexity index is 1380. The van der Waals surface area contributed by atoms with E-state index >= 15 is 0 Å². The first kappa shape index (κ1) is 30.5. The Morgan fingerprint density at radius 3 is 2.21 bits per heavy atom. The molecule has 39 heavy (non-hydrogen) atoms. The van der Waals surface area contributed by atoms with Crippen LogP contribution in [-0.4, -0.2) is 44.3 Å². The molecule has 3 rings (SSSR count). The number of amides is 2. The van der Waals surface area contributed by atoms with E-state index < -0.39 is 28.5 Å². The van der Waals surface area contributed by atoms with E-state index in [-0.39, 0.29) is 17.3 Å². The summed E-state index contributed by atoms with van der Waals surface area (Å²) in [6, 6.07) is 18.8. The van der Waals surface area contributed by atoms with Crippen molar-refractivity contribution in [2.24, 2.45) is 0 Å². The van der Waals surface area contributed by atoms with E-state index in [1.165, 1.54) is 29.2 Å². The molecule has 0 fully saturated rings. The Labute approximate surface area is 240 Å². The first-order chi connectivity index (χ1) is 18.5. The molecule has 2 amide bonds. The van der Waals surface area contributed by atoms with Crippen LogP contribution in [0.25, 0.3) is 0 Å². The van der Waals surface area contributed by atoms with Crippen molar-refractivity contribution in [2.45, 2.75) is 51.1 Å². The number of nitrogens with zero attached hydrogens (tertiary/aromatic N) is 2. The lowest BCUT2D eigenvalue weighted by molar-refractivity contribution is -0.139. The van der Waals surface area contributed by atoms with Crippen molar-refractivity contribution in [3.8, 4) is 0 Å². The summed E-state index contributed by atoms with van der Waals surface area (Å²) in [5, 5.41) is 3.69. The predicted molar refractivity (Wildman–Crippen MR) is 157 cm³/mol. The van der Waals surface area contributed by atoms with Gasteiger partial charge in [-0.25, -0.2) is 8.42 Å². The monoisotopic (exact) mass is 589 g/mol.